The average molecular weight is 340 g/mol. The second-order valence-corrected chi connectivity index (χ2v) is 6.97. The predicted molar refractivity (Wildman–Crippen MR) is 112 cm³/mol. The summed E-state index contributed by atoms with van der Waals surface area (Å²) in [4.78, 5) is 0. The average Bonchev–Trinajstić information content (AvgIpc) is 3.02. The summed E-state index contributed by atoms with van der Waals surface area (Å²) in [5.74, 6) is 0. The monoisotopic (exact) mass is 340 g/mol. The molecule has 4 aromatic rings. The molecule has 0 aliphatic carbocycles. The Balaban J connectivity index is 1.99. The highest BCUT2D eigenvalue weighted by Gasteiger charge is 2.14. The van der Waals surface area contributed by atoms with Crippen molar-refractivity contribution >= 4 is 16.6 Å². The maximum atomic E-state index is 6.17. The number of nitrogens with two attached hydrogens (primary N) is 1. The SMILES string of the molecule is CCc1ccc(-n2cc(-c3cccc(N)c3C)c3ccc(C)cc32)cc1. The summed E-state index contributed by atoms with van der Waals surface area (Å²) in [6.07, 6.45) is 3.30. The van der Waals surface area contributed by atoms with Crippen molar-refractivity contribution in [2.24, 2.45) is 0 Å². The molecule has 1 aromatic heterocycles. The molecule has 0 amide bonds. The van der Waals surface area contributed by atoms with E-state index in [9.17, 15) is 0 Å². The first-order chi connectivity index (χ1) is 12.6. The summed E-state index contributed by atoms with van der Waals surface area (Å²) < 4.78 is 2.29. The molecule has 2 nitrogen and oxygen atoms in total. The van der Waals surface area contributed by atoms with E-state index in [0.717, 1.165) is 17.7 Å². The molecule has 26 heavy (non-hydrogen) atoms. The lowest BCUT2D eigenvalue weighted by Gasteiger charge is -2.07. The van der Waals surface area contributed by atoms with Gasteiger partial charge in [-0.2, -0.15) is 0 Å². The Morgan fingerprint density at radius 3 is 2.38 bits per heavy atom. The van der Waals surface area contributed by atoms with Crippen LogP contribution in [0.15, 0.2) is 66.9 Å². The fourth-order valence-corrected chi connectivity index (χ4v) is 3.60. The van der Waals surface area contributed by atoms with Gasteiger partial charge in [-0.1, -0.05) is 43.3 Å². The molecule has 4 rings (SSSR count). The summed E-state index contributed by atoms with van der Waals surface area (Å²) in [6, 6.07) is 21.6. The molecule has 130 valence electrons. The van der Waals surface area contributed by atoms with Crippen molar-refractivity contribution in [3.8, 4) is 16.8 Å². The summed E-state index contributed by atoms with van der Waals surface area (Å²) in [5.41, 5.74) is 15.6. The fourth-order valence-electron chi connectivity index (χ4n) is 3.60. The normalized spacial score (nSPS) is 11.2. The first-order valence-electron chi connectivity index (χ1n) is 9.15. The number of hydrogen-bond acceptors (Lipinski definition) is 1. The van der Waals surface area contributed by atoms with Gasteiger partial charge >= 0.3 is 0 Å². The van der Waals surface area contributed by atoms with Crippen LogP contribution in [0.4, 0.5) is 5.69 Å². The highest BCUT2D eigenvalue weighted by atomic mass is 15.0. The maximum Gasteiger partial charge on any atom is 0.0537 e. The zero-order chi connectivity index (χ0) is 18.3. The lowest BCUT2D eigenvalue weighted by molar-refractivity contribution is 1.10. The van der Waals surface area contributed by atoms with Crippen LogP contribution in [0, 0.1) is 13.8 Å². The molecule has 0 radical (unpaired) electrons. The number of aromatic nitrogens is 1. The number of nitrogens with zero attached hydrogens (tertiary/aromatic N) is 1. The van der Waals surface area contributed by atoms with Gasteiger partial charge in [0.05, 0.1) is 5.52 Å². The topological polar surface area (TPSA) is 30.9 Å². The Bertz CT molecular complexity index is 1090. The number of fused-ring (bicyclic) bond motifs is 1. The van der Waals surface area contributed by atoms with Crippen molar-refractivity contribution in [2.45, 2.75) is 27.2 Å². The molecule has 0 spiro atoms. The number of anilines is 1. The van der Waals surface area contributed by atoms with Crippen LogP contribution in [0.3, 0.4) is 0 Å². The fraction of sp³-hybridized carbons (Fsp3) is 0.167. The smallest absolute Gasteiger partial charge is 0.0537 e. The van der Waals surface area contributed by atoms with E-state index in [4.69, 9.17) is 5.73 Å². The van der Waals surface area contributed by atoms with Crippen LogP contribution < -0.4 is 5.73 Å². The molecule has 0 atom stereocenters. The van der Waals surface area contributed by atoms with Gasteiger partial charge in [0.2, 0.25) is 0 Å². The predicted octanol–water partition coefficient (Wildman–Crippen LogP) is 6.06. The quantitative estimate of drug-likeness (QED) is 0.452. The maximum absolute atomic E-state index is 6.17. The third-order valence-electron chi connectivity index (χ3n) is 5.25. The van der Waals surface area contributed by atoms with E-state index in [1.807, 2.05) is 12.1 Å². The summed E-state index contributed by atoms with van der Waals surface area (Å²) in [5, 5.41) is 1.25. The van der Waals surface area contributed by atoms with Gasteiger partial charge in [-0.15, -0.1) is 0 Å². The van der Waals surface area contributed by atoms with Crippen LogP contribution in [-0.4, -0.2) is 4.57 Å². The van der Waals surface area contributed by atoms with E-state index >= 15 is 0 Å². The molecule has 2 N–H and O–H groups in total. The molecule has 0 unspecified atom stereocenters. The van der Waals surface area contributed by atoms with Gasteiger partial charge in [0.1, 0.15) is 0 Å². The summed E-state index contributed by atoms with van der Waals surface area (Å²) >= 11 is 0. The third kappa shape index (κ3) is 2.68. The number of aryl methyl sites for hydroxylation is 2. The lowest BCUT2D eigenvalue weighted by atomic mass is 9.98. The highest BCUT2D eigenvalue weighted by Crippen LogP contribution is 2.36. The molecule has 0 saturated heterocycles. The van der Waals surface area contributed by atoms with Crippen molar-refractivity contribution in [1.82, 2.24) is 4.57 Å². The summed E-state index contributed by atoms with van der Waals surface area (Å²) in [7, 11) is 0. The van der Waals surface area contributed by atoms with Gasteiger partial charge in [0.25, 0.3) is 0 Å². The third-order valence-corrected chi connectivity index (χ3v) is 5.25. The highest BCUT2D eigenvalue weighted by molar-refractivity contribution is 5.98. The van der Waals surface area contributed by atoms with E-state index in [1.54, 1.807) is 0 Å². The first kappa shape index (κ1) is 16.5. The zero-order valence-electron chi connectivity index (χ0n) is 15.6. The number of hydrogen-bond donors (Lipinski definition) is 1. The molecular weight excluding hydrogens is 316 g/mol. The minimum Gasteiger partial charge on any atom is -0.398 e. The van der Waals surface area contributed by atoms with Crippen LogP contribution in [0.2, 0.25) is 0 Å². The largest absolute Gasteiger partial charge is 0.398 e. The summed E-state index contributed by atoms with van der Waals surface area (Å²) in [6.45, 7) is 6.42. The van der Waals surface area contributed by atoms with Gasteiger partial charge < -0.3 is 10.3 Å². The van der Waals surface area contributed by atoms with E-state index in [-0.39, 0.29) is 0 Å². The minimum absolute atomic E-state index is 0.836. The molecule has 3 aromatic carbocycles. The van der Waals surface area contributed by atoms with Crippen molar-refractivity contribution < 1.29 is 0 Å². The molecule has 2 heteroatoms. The van der Waals surface area contributed by atoms with Gasteiger partial charge in [0, 0.05) is 28.5 Å². The Morgan fingerprint density at radius 1 is 0.885 bits per heavy atom. The molecule has 1 heterocycles. The Hall–Kier alpha value is -3.00. The van der Waals surface area contributed by atoms with Crippen LogP contribution >= 0.6 is 0 Å². The number of benzene rings is 3. The number of nitrogen functional groups attached to an aromatic ring is 1. The lowest BCUT2D eigenvalue weighted by Crippen LogP contribution is -1.93. The molecule has 0 fully saturated rings. The molecular formula is C24H24N2. The zero-order valence-corrected chi connectivity index (χ0v) is 15.6. The molecule has 0 saturated carbocycles. The van der Waals surface area contributed by atoms with Gasteiger partial charge in [0.15, 0.2) is 0 Å². The molecule has 0 bridgehead atoms. The Kier molecular flexibility index (Phi) is 4.04. The number of rotatable bonds is 3. The van der Waals surface area contributed by atoms with Gasteiger partial charge in [-0.05, 0) is 66.8 Å². The van der Waals surface area contributed by atoms with E-state index in [1.165, 1.54) is 38.8 Å². The van der Waals surface area contributed by atoms with Crippen LogP contribution in [0.25, 0.3) is 27.7 Å². The first-order valence-corrected chi connectivity index (χ1v) is 9.15. The standard InChI is InChI=1S/C24H24N2/c1-4-18-9-11-19(12-10-18)26-15-22(20-6-5-7-23(25)17(20)3)21-13-8-16(2)14-24(21)26/h5-15H,4,25H2,1-3H3. The van der Waals surface area contributed by atoms with Crippen LogP contribution in [0.5, 0.6) is 0 Å². The Labute approximate surface area is 154 Å². The van der Waals surface area contributed by atoms with Crippen molar-refractivity contribution in [1.29, 1.82) is 0 Å². The van der Waals surface area contributed by atoms with E-state index in [2.05, 4.69) is 80.1 Å². The second kappa shape index (κ2) is 6.38. The van der Waals surface area contributed by atoms with Crippen molar-refractivity contribution in [3.05, 3.63) is 83.6 Å². The van der Waals surface area contributed by atoms with Crippen LogP contribution in [-0.2, 0) is 6.42 Å². The van der Waals surface area contributed by atoms with Gasteiger partial charge in [-0.3, -0.25) is 0 Å². The molecule has 0 aliphatic heterocycles. The Morgan fingerprint density at radius 2 is 1.65 bits per heavy atom. The minimum atomic E-state index is 0.836. The molecule has 0 aliphatic rings. The van der Waals surface area contributed by atoms with Crippen LogP contribution in [0.1, 0.15) is 23.6 Å². The van der Waals surface area contributed by atoms with E-state index < -0.39 is 0 Å². The second-order valence-electron chi connectivity index (χ2n) is 6.97. The van der Waals surface area contributed by atoms with Crippen molar-refractivity contribution in [2.75, 3.05) is 5.73 Å². The van der Waals surface area contributed by atoms with Gasteiger partial charge in [-0.25, -0.2) is 0 Å². The van der Waals surface area contributed by atoms with E-state index in [0.29, 0.717) is 0 Å². The van der Waals surface area contributed by atoms with Crippen molar-refractivity contribution in [3.63, 3.8) is 0 Å².